The van der Waals surface area contributed by atoms with Crippen LogP contribution in [0, 0.1) is 0 Å². The van der Waals surface area contributed by atoms with Crippen LogP contribution in [0.1, 0.15) is 49.7 Å². The van der Waals surface area contributed by atoms with E-state index in [4.69, 9.17) is 4.74 Å². The number of carboxylic acid groups (broad SMARTS) is 1. The summed E-state index contributed by atoms with van der Waals surface area (Å²) in [4.78, 5) is 92.8. The summed E-state index contributed by atoms with van der Waals surface area (Å²) < 4.78 is 4.93. The lowest BCUT2D eigenvalue weighted by Gasteiger charge is -2.31. The molecule has 4 amide bonds. The van der Waals surface area contributed by atoms with Crippen molar-refractivity contribution in [3.05, 3.63) is 145 Å². The van der Waals surface area contributed by atoms with Gasteiger partial charge in [0.05, 0.1) is 33.3 Å². The Morgan fingerprint density at radius 1 is 0.605 bits per heavy atom. The molecule has 18 nitrogen and oxygen atoms in total. The van der Waals surface area contributed by atoms with Gasteiger partial charge >= 0.3 is 11.9 Å². The number of benzene rings is 4. The van der Waals surface area contributed by atoms with Crippen molar-refractivity contribution in [1.29, 1.82) is 0 Å². The molecule has 430 valence electrons. The number of carbonyl (C=O) groups excluding carboxylic acids is 5. The summed E-state index contributed by atoms with van der Waals surface area (Å²) in [5, 5.41) is 26.1. The van der Waals surface area contributed by atoms with Crippen molar-refractivity contribution in [1.82, 2.24) is 40.2 Å². The third kappa shape index (κ3) is 18.9. The van der Waals surface area contributed by atoms with E-state index in [9.17, 15) is 33.9 Å². The van der Waals surface area contributed by atoms with E-state index in [1.54, 1.807) is 48.3 Å². The van der Waals surface area contributed by atoms with Crippen LogP contribution >= 0.6 is 23.5 Å². The maximum absolute atomic E-state index is 13.3. The molecular formula is C61H76N10O8S2. The van der Waals surface area contributed by atoms with Crippen molar-refractivity contribution in [3.63, 3.8) is 0 Å². The molecule has 0 bridgehead atoms. The van der Waals surface area contributed by atoms with Gasteiger partial charge in [-0.2, -0.15) is 23.5 Å². The number of likely N-dealkylation sites (tertiary alicyclic amines) is 2. The molecule has 2 aliphatic rings. The predicted molar refractivity (Wildman–Crippen MR) is 323 cm³/mol. The lowest BCUT2D eigenvalue weighted by atomic mass is 10.0. The molecule has 0 spiro atoms. The number of hydrogen-bond acceptors (Lipinski definition) is 15. The highest BCUT2D eigenvalue weighted by molar-refractivity contribution is 7.98. The molecule has 0 saturated carbocycles. The molecule has 6 aromatic rings. The van der Waals surface area contributed by atoms with Gasteiger partial charge in [0, 0.05) is 87.5 Å². The summed E-state index contributed by atoms with van der Waals surface area (Å²) in [7, 11) is 1.34. The predicted octanol–water partition coefficient (Wildman–Crippen LogP) is 7.01. The minimum Gasteiger partial charge on any atom is -0.480 e. The Morgan fingerprint density at radius 3 is 1.46 bits per heavy atom. The number of anilines is 2. The second-order valence-corrected chi connectivity index (χ2v) is 22.2. The summed E-state index contributed by atoms with van der Waals surface area (Å²) in [5.74, 6) is -0.630. The number of pyridine rings is 2. The standard InChI is InChI=1S/C31H39N5O4S.C30H37N5O4S/c1-40-31(39)28(14-18-41-2)34-29(37)22-35(20-24-9-5-8-23-7-3-4-11-27(23)24)21-26-10-6-17-36(26)30(38)19-33-25-12-15-32-16-13-25;1-40-17-13-27(30(38)39)33-28(36)21-34(19-23-8-4-7-22-6-2-3-10-26(22)23)20-25-9-5-16-35(25)29(37)18-32-24-11-14-31-15-12-24/h3-5,7-9,11-13,15-16,26,28H,6,10,14,17-22H2,1-2H3,(H,32,33)(H,34,37);2-4,6-8,10-12,14-15,25,27H,5,9,13,16-21H2,1H3,(H,31,32)(H,33,36)(H,38,39)/t26-,28-;25-,27-/m00/s1. The quantitative estimate of drug-likeness (QED) is 0.0312. The summed E-state index contributed by atoms with van der Waals surface area (Å²) in [5.41, 5.74) is 3.87. The normalized spacial score (nSPS) is 15.7. The van der Waals surface area contributed by atoms with Gasteiger partial charge in [0.25, 0.3) is 0 Å². The molecule has 4 atom stereocenters. The molecule has 5 N–H and O–H groups in total. The smallest absolute Gasteiger partial charge is 0.328 e. The van der Waals surface area contributed by atoms with E-state index in [-0.39, 0.29) is 61.9 Å². The second kappa shape index (κ2) is 32.3. The number of ether oxygens (including phenoxy) is 1. The van der Waals surface area contributed by atoms with E-state index < -0.39 is 24.0 Å². The number of hydrogen-bond donors (Lipinski definition) is 5. The number of fused-ring (bicyclic) bond motifs is 2. The average Bonchev–Trinajstić information content (AvgIpc) is 4.22. The van der Waals surface area contributed by atoms with Crippen LogP contribution < -0.4 is 21.3 Å². The Bertz CT molecular complexity index is 2990. The molecule has 20 heteroatoms. The van der Waals surface area contributed by atoms with Crippen LogP contribution in [0.2, 0.25) is 0 Å². The molecule has 2 aliphatic heterocycles. The number of carbonyl (C=O) groups is 6. The molecular weight excluding hydrogens is 1060 g/mol. The van der Waals surface area contributed by atoms with Gasteiger partial charge in [-0.05, 0) is 119 Å². The Balaban J connectivity index is 0.000000234. The summed E-state index contributed by atoms with van der Waals surface area (Å²) in [6.07, 6.45) is 15.0. The SMILES string of the molecule is COC(=O)[C@H](CCSC)NC(=O)CN(Cc1cccc2ccccc12)C[C@@H]1CCCN1C(=O)CNc1ccncc1.CSCC[C@H](NC(=O)CN(Cc1cccc2ccccc12)C[C@@H]1CCCN1C(=O)CNc1ccncc1)C(=O)O. The third-order valence-corrected chi connectivity index (χ3v) is 15.8. The minimum absolute atomic E-state index is 0.0110. The zero-order valence-electron chi connectivity index (χ0n) is 46.5. The maximum atomic E-state index is 13.3. The molecule has 0 unspecified atom stereocenters. The first-order chi connectivity index (χ1) is 39.4. The van der Waals surface area contributed by atoms with Crippen LogP contribution in [0.4, 0.5) is 11.4 Å². The first-order valence-electron chi connectivity index (χ1n) is 27.5. The number of amides is 4. The van der Waals surface area contributed by atoms with Crippen molar-refractivity contribution in [2.24, 2.45) is 0 Å². The van der Waals surface area contributed by atoms with Gasteiger partial charge in [0.15, 0.2) is 0 Å². The van der Waals surface area contributed by atoms with Crippen LogP contribution in [-0.2, 0) is 46.6 Å². The molecule has 4 heterocycles. The number of methoxy groups -OCH3 is 1. The molecule has 81 heavy (non-hydrogen) atoms. The number of nitrogens with zero attached hydrogens (tertiary/aromatic N) is 6. The highest BCUT2D eigenvalue weighted by Gasteiger charge is 2.33. The number of esters is 1. The first kappa shape index (κ1) is 61.4. The van der Waals surface area contributed by atoms with Gasteiger partial charge in [-0.3, -0.25) is 38.9 Å². The average molecular weight is 1140 g/mol. The van der Waals surface area contributed by atoms with Crippen molar-refractivity contribution < 1.29 is 38.6 Å². The molecule has 2 saturated heterocycles. The fourth-order valence-electron chi connectivity index (χ4n) is 10.5. The summed E-state index contributed by atoms with van der Waals surface area (Å²) >= 11 is 3.16. The monoisotopic (exact) mass is 1140 g/mol. The van der Waals surface area contributed by atoms with E-state index in [2.05, 4.69) is 84.7 Å². The van der Waals surface area contributed by atoms with Crippen LogP contribution in [-0.4, -0.2) is 178 Å². The molecule has 2 aromatic heterocycles. The van der Waals surface area contributed by atoms with Gasteiger partial charge in [-0.1, -0.05) is 84.9 Å². The van der Waals surface area contributed by atoms with Crippen molar-refractivity contribution >= 4 is 92.0 Å². The number of nitrogens with one attached hydrogen (secondary N) is 4. The molecule has 2 fully saturated rings. The van der Waals surface area contributed by atoms with Crippen molar-refractivity contribution in [3.8, 4) is 0 Å². The van der Waals surface area contributed by atoms with Gasteiger partial charge in [-0.25, -0.2) is 9.59 Å². The van der Waals surface area contributed by atoms with Gasteiger partial charge in [0.1, 0.15) is 12.1 Å². The number of aliphatic carboxylic acids is 1. The van der Waals surface area contributed by atoms with E-state index in [0.29, 0.717) is 57.9 Å². The lowest BCUT2D eigenvalue weighted by Crippen LogP contribution is -2.49. The Hall–Kier alpha value is -7.26. The van der Waals surface area contributed by atoms with Crippen LogP contribution in [0.15, 0.2) is 134 Å². The van der Waals surface area contributed by atoms with Crippen LogP contribution in [0.5, 0.6) is 0 Å². The molecule has 0 aliphatic carbocycles. The number of carboxylic acids is 1. The largest absolute Gasteiger partial charge is 0.480 e. The molecule has 0 radical (unpaired) electrons. The fourth-order valence-corrected chi connectivity index (χ4v) is 11.5. The first-order valence-corrected chi connectivity index (χ1v) is 30.3. The Labute approximate surface area is 483 Å². The number of aromatic nitrogens is 2. The summed E-state index contributed by atoms with van der Waals surface area (Å²) in [6.45, 7) is 3.98. The van der Waals surface area contributed by atoms with E-state index in [1.807, 2.05) is 87.9 Å². The fraction of sp³-hybridized carbons (Fsp3) is 0.410. The van der Waals surface area contributed by atoms with Gasteiger partial charge < -0.3 is 40.9 Å². The minimum atomic E-state index is -1.03. The topological polar surface area (TPSA) is 219 Å². The lowest BCUT2D eigenvalue weighted by molar-refractivity contribution is -0.145. The zero-order valence-corrected chi connectivity index (χ0v) is 48.2. The van der Waals surface area contributed by atoms with Gasteiger partial charge in [-0.15, -0.1) is 0 Å². The van der Waals surface area contributed by atoms with Crippen molar-refractivity contribution in [2.75, 3.05) is 94.1 Å². The van der Waals surface area contributed by atoms with Crippen LogP contribution in [0.3, 0.4) is 0 Å². The second-order valence-electron chi connectivity index (χ2n) is 20.2. The molecule has 8 rings (SSSR count). The number of thioether (sulfide) groups is 2. The van der Waals surface area contributed by atoms with Gasteiger partial charge in [0.2, 0.25) is 23.6 Å². The van der Waals surface area contributed by atoms with Crippen LogP contribution in [0.25, 0.3) is 21.5 Å². The van der Waals surface area contributed by atoms with E-state index in [1.165, 1.54) is 7.11 Å². The zero-order chi connectivity index (χ0) is 57.3. The highest BCUT2D eigenvalue weighted by Crippen LogP contribution is 2.26. The summed E-state index contributed by atoms with van der Waals surface area (Å²) in [6, 6.07) is 34.3. The molecule has 4 aromatic carbocycles. The third-order valence-electron chi connectivity index (χ3n) is 14.5. The highest BCUT2D eigenvalue weighted by atomic mass is 32.2. The van der Waals surface area contributed by atoms with E-state index >= 15 is 0 Å². The Morgan fingerprint density at radius 2 is 1.02 bits per heavy atom. The Kier molecular flexibility index (Phi) is 24.4. The number of rotatable bonds is 28. The van der Waals surface area contributed by atoms with Crippen molar-refractivity contribution in [2.45, 2.75) is 75.8 Å². The maximum Gasteiger partial charge on any atom is 0.328 e. The van der Waals surface area contributed by atoms with E-state index in [0.717, 1.165) is 75.5 Å².